The zero-order chi connectivity index (χ0) is 14.5. The van der Waals surface area contributed by atoms with Gasteiger partial charge in [-0.05, 0) is 32.0 Å². The molecule has 0 saturated heterocycles. The van der Waals surface area contributed by atoms with Crippen LogP contribution in [0, 0.1) is 0 Å². The van der Waals surface area contributed by atoms with Crippen LogP contribution in [-0.2, 0) is 4.79 Å². The van der Waals surface area contributed by atoms with Gasteiger partial charge in [-0.1, -0.05) is 0 Å². The molecule has 2 heterocycles. The van der Waals surface area contributed by atoms with Crippen LogP contribution in [0.1, 0.15) is 19.4 Å². The minimum atomic E-state index is -0.999. The second kappa shape index (κ2) is 3.96. The number of Topliss-reactive ketones (excluding diaryl/α,β-unsaturated/α-hetero) is 1. The lowest BCUT2D eigenvalue weighted by atomic mass is 9.87. The second-order valence-electron chi connectivity index (χ2n) is 5.13. The second-order valence-corrected chi connectivity index (χ2v) is 5.13. The van der Waals surface area contributed by atoms with Crippen LogP contribution in [0.3, 0.4) is 0 Å². The molecular formula is C15H13NO4. The highest BCUT2D eigenvalue weighted by Crippen LogP contribution is 2.41. The van der Waals surface area contributed by atoms with E-state index in [4.69, 9.17) is 14.9 Å². The fourth-order valence-electron chi connectivity index (χ4n) is 2.37. The van der Waals surface area contributed by atoms with Gasteiger partial charge in [-0.15, -0.1) is 0 Å². The number of benzene rings is 1. The number of hydrogen-bond acceptors (Lipinski definition) is 5. The zero-order valence-electron chi connectivity index (χ0n) is 11.1. The molecule has 1 aliphatic rings. The molecule has 0 saturated carbocycles. The maximum absolute atomic E-state index is 12.4. The van der Waals surface area contributed by atoms with Crippen LogP contribution in [0.25, 0.3) is 16.5 Å². The Morgan fingerprint density at radius 2 is 1.85 bits per heavy atom. The molecule has 0 fully saturated rings. The van der Waals surface area contributed by atoms with Gasteiger partial charge < -0.3 is 14.9 Å². The number of ether oxygens (including phenoxy) is 1. The molecule has 5 nitrogen and oxygen atoms in total. The van der Waals surface area contributed by atoms with Crippen molar-refractivity contribution in [3.8, 4) is 5.75 Å². The summed E-state index contributed by atoms with van der Waals surface area (Å²) in [5.41, 5.74) is 5.17. The van der Waals surface area contributed by atoms with Crippen molar-refractivity contribution in [1.82, 2.24) is 0 Å². The van der Waals surface area contributed by atoms with E-state index in [-0.39, 0.29) is 5.78 Å². The van der Waals surface area contributed by atoms with E-state index in [2.05, 4.69) is 0 Å². The van der Waals surface area contributed by atoms with Crippen molar-refractivity contribution in [2.75, 3.05) is 0 Å². The molecule has 20 heavy (non-hydrogen) atoms. The Morgan fingerprint density at radius 1 is 1.15 bits per heavy atom. The van der Waals surface area contributed by atoms with Crippen LogP contribution in [0.2, 0.25) is 0 Å². The first-order chi connectivity index (χ1) is 9.44. The van der Waals surface area contributed by atoms with Gasteiger partial charge in [0.25, 0.3) is 0 Å². The van der Waals surface area contributed by atoms with Crippen LogP contribution < -0.4 is 16.1 Å². The summed E-state index contributed by atoms with van der Waals surface area (Å²) < 4.78 is 10.9. The summed E-state index contributed by atoms with van der Waals surface area (Å²) in [6.07, 6.45) is 1.23. The number of rotatable bonds is 0. The third kappa shape index (κ3) is 1.63. The van der Waals surface area contributed by atoms with Gasteiger partial charge in [0.05, 0.1) is 11.1 Å². The van der Waals surface area contributed by atoms with E-state index in [9.17, 15) is 9.59 Å². The number of carbonyl (C=O) groups is 1. The highest BCUT2D eigenvalue weighted by atomic mass is 16.5. The average Bonchev–Trinajstić information content (AvgIpc) is 2.40. The monoisotopic (exact) mass is 271 g/mol. The third-order valence-electron chi connectivity index (χ3n) is 3.34. The summed E-state index contributed by atoms with van der Waals surface area (Å²) in [6.45, 7) is 3.35. The van der Waals surface area contributed by atoms with E-state index in [1.165, 1.54) is 12.3 Å². The smallest absolute Gasteiger partial charge is 0.336 e. The first-order valence-electron chi connectivity index (χ1n) is 6.17. The van der Waals surface area contributed by atoms with Crippen molar-refractivity contribution in [2.45, 2.75) is 19.4 Å². The van der Waals surface area contributed by atoms with Crippen molar-refractivity contribution in [2.24, 2.45) is 5.73 Å². The SMILES string of the molecule is CC1(C)Oc2ccc3ccc(=O)oc3c2/C(=C\N)C1=O. The van der Waals surface area contributed by atoms with Crippen LogP contribution in [-0.4, -0.2) is 11.4 Å². The lowest BCUT2D eigenvalue weighted by molar-refractivity contribution is -0.126. The predicted octanol–water partition coefficient (Wildman–Crippen LogP) is 1.83. The third-order valence-corrected chi connectivity index (χ3v) is 3.34. The summed E-state index contributed by atoms with van der Waals surface area (Å²) >= 11 is 0. The van der Waals surface area contributed by atoms with Crippen molar-refractivity contribution >= 4 is 22.3 Å². The van der Waals surface area contributed by atoms with Crippen molar-refractivity contribution in [1.29, 1.82) is 0 Å². The highest BCUT2D eigenvalue weighted by Gasteiger charge is 2.40. The van der Waals surface area contributed by atoms with Crippen molar-refractivity contribution in [3.63, 3.8) is 0 Å². The molecule has 102 valence electrons. The Labute approximate surface area is 114 Å². The Bertz CT molecular complexity index is 814. The Balaban J connectivity index is 2.43. The van der Waals surface area contributed by atoms with Crippen LogP contribution >= 0.6 is 0 Å². The fraction of sp³-hybridized carbons (Fsp3) is 0.200. The fourth-order valence-corrected chi connectivity index (χ4v) is 2.37. The number of nitrogens with two attached hydrogens (primary N) is 1. The van der Waals surface area contributed by atoms with E-state index in [1.54, 1.807) is 32.0 Å². The Morgan fingerprint density at radius 3 is 2.55 bits per heavy atom. The molecule has 1 aromatic heterocycles. The normalized spacial score (nSPS) is 18.9. The number of fused-ring (bicyclic) bond motifs is 3. The molecule has 5 heteroatoms. The van der Waals surface area contributed by atoms with Gasteiger partial charge in [0.15, 0.2) is 5.60 Å². The lowest BCUT2D eigenvalue weighted by Gasteiger charge is -2.32. The van der Waals surface area contributed by atoms with Gasteiger partial charge >= 0.3 is 5.63 Å². The molecule has 3 rings (SSSR count). The topological polar surface area (TPSA) is 82.5 Å². The molecule has 0 amide bonds. The molecule has 0 atom stereocenters. The van der Waals surface area contributed by atoms with E-state index in [0.717, 1.165) is 0 Å². The molecule has 0 unspecified atom stereocenters. The molecule has 0 bridgehead atoms. The molecule has 1 aromatic carbocycles. The molecule has 2 N–H and O–H groups in total. The highest BCUT2D eigenvalue weighted by molar-refractivity contribution is 6.28. The van der Waals surface area contributed by atoms with Gasteiger partial charge in [0.2, 0.25) is 5.78 Å². The van der Waals surface area contributed by atoms with Gasteiger partial charge in [-0.25, -0.2) is 4.79 Å². The summed E-state index contributed by atoms with van der Waals surface area (Å²) in [5, 5.41) is 0.707. The molecule has 2 aromatic rings. The van der Waals surface area contributed by atoms with Gasteiger partial charge in [-0.3, -0.25) is 4.79 Å². The zero-order valence-corrected chi connectivity index (χ0v) is 11.1. The lowest BCUT2D eigenvalue weighted by Crippen LogP contribution is -2.42. The average molecular weight is 271 g/mol. The van der Waals surface area contributed by atoms with Crippen LogP contribution in [0.4, 0.5) is 0 Å². The summed E-state index contributed by atoms with van der Waals surface area (Å²) in [4.78, 5) is 23.8. The van der Waals surface area contributed by atoms with Crippen molar-refractivity contribution < 1.29 is 13.9 Å². The number of hydrogen-bond donors (Lipinski definition) is 1. The number of ketones is 1. The van der Waals surface area contributed by atoms with Gasteiger partial charge in [0, 0.05) is 17.7 Å². The quantitative estimate of drug-likeness (QED) is 0.584. The molecule has 0 spiro atoms. The van der Waals surface area contributed by atoms with Crippen LogP contribution in [0.5, 0.6) is 5.75 Å². The largest absolute Gasteiger partial charge is 0.479 e. The van der Waals surface area contributed by atoms with E-state index in [0.29, 0.717) is 27.9 Å². The van der Waals surface area contributed by atoms with Gasteiger partial charge in [-0.2, -0.15) is 0 Å². The molecule has 0 aliphatic carbocycles. The first kappa shape index (κ1) is 12.5. The van der Waals surface area contributed by atoms with E-state index < -0.39 is 11.2 Å². The summed E-state index contributed by atoms with van der Waals surface area (Å²) in [5.74, 6) is 0.236. The maximum atomic E-state index is 12.4. The molecular weight excluding hydrogens is 258 g/mol. The van der Waals surface area contributed by atoms with E-state index >= 15 is 0 Å². The predicted molar refractivity (Wildman–Crippen MR) is 74.4 cm³/mol. The number of carbonyl (C=O) groups excluding carboxylic acids is 1. The minimum absolute atomic E-state index is 0.244. The minimum Gasteiger partial charge on any atom is -0.479 e. The first-order valence-corrected chi connectivity index (χ1v) is 6.17. The summed E-state index contributed by atoms with van der Waals surface area (Å²) in [7, 11) is 0. The molecule has 1 aliphatic heterocycles. The van der Waals surface area contributed by atoms with Crippen LogP contribution in [0.15, 0.2) is 39.7 Å². The van der Waals surface area contributed by atoms with Crippen molar-refractivity contribution in [3.05, 3.63) is 46.4 Å². The van der Waals surface area contributed by atoms with Gasteiger partial charge in [0.1, 0.15) is 11.3 Å². The maximum Gasteiger partial charge on any atom is 0.336 e. The Kier molecular flexibility index (Phi) is 2.47. The summed E-state index contributed by atoms with van der Waals surface area (Å²) in [6, 6.07) is 6.49. The van der Waals surface area contributed by atoms with E-state index in [1.807, 2.05) is 0 Å². The Hall–Kier alpha value is -2.56. The standard InChI is InChI=1S/C15H13NO4/c1-15(2)14(18)9(7-16)12-10(20-15)5-3-8-4-6-11(17)19-13(8)12/h3-7H,16H2,1-2H3/b9-7+. The molecule has 0 radical (unpaired) electrons.